The number of hydrogen-bond donors (Lipinski definition) is 1. The lowest BCUT2D eigenvalue weighted by Crippen LogP contribution is -2.09. The summed E-state index contributed by atoms with van der Waals surface area (Å²) in [4.78, 5) is 11.9. The monoisotopic (exact) mass is 361 g/mol. The molecule has 1 amide bonds. The summed E-state index contributed by atoms with van der Waals surface area (Å²) in [6.45, 7) is 4.96. The Morgan fingerprint density at radius 1 is 1.08 bits per heavy atom. The molecular formula is C20H21F2NO3. The Bertz CT molecular complexity index is 791. The Balaban J connectivity index is 2.08. The quantitative estimate of drug-likeness (QED) is 0.687. The molecule has 0 radical (unpaired) electrons. The fraction of sp³-hybridized carbons (Fsp3) is 0.250. The normalized spacial score (nSPS) is 10.8. The fourth-order valence-electron chi connectivity index (χ4n) is 2.17. The molecule has 6 heteroatoms. The SMILES string of the molecule is CCCOc1ccc(/C=C/C(=O)Nc2ccc(F)cc2F)cc1OCC. The highest BCUT2D eigenvalue weighted by molar-refractivity contribution is 6.02. The molecule has 0 aliphatic rings. The standard InChI is InChI=1S/C20H21F2NO3/c1-3-11-26-18-9-5-14(12-19(18)25-4-2)6-10-20(24)23-17-8-7-15(21)13-16(17)22/h5-10,12-13H,3-4,11H2,1-2H3,(H,23,24)/b10-6+. The van der Waals surface area contributed by atoms with Crippen molar-refractivity contribution in [2.24, 2.45) is 0 Å². The lowest BCUT2D eigenvalue weighted by molar-refractivity contribution is -0.111. The molecule has 2 aromatic rings. The molecule has 2 aromatic carbocycles. The van der Waals surface area contributed by atoms with E-state index in [9.17, 15) is 13.6 Å². The maximum absolute atomic E-state index is 13.5. The van der Waals surface area contributed by atoms with Crippen LogP contribution in [0.5, 0.6) is 11.5 Å². The first-order chi connectivity index (χ1) is 12.5. The molecule has 0 aromatic heterocycles. The van der Waals surface area contributed by atoms with Gasteiger partial charge in [0.15, 0.2) is 11.5 Å². The number of carbonyl (C=O) groups is 1. The molecule has 0 spiro atoms. The molecular weight excluding hydrogens is 340 g/mol. The topological polar surface area (TPSA) is 47.6 Å². The van der Waals surface area contributed by atoms with Gasteiger partial charge < -0.3 is 14.8 Å². The highest BCUT2D eigenvalue weighted by Crippen LogP contribution is 2.29. The van der Waals surface area contributed by atoms with Crippen LogP contribution < -0.4 is 14.8 Å². The number of amides is 1. The van der Waals surface area contributed by atoms with E-state index in [-0.39, 0.29) is 5.69 Å². The summed E-state index contributed by atoms with van der Waals surface area (Å²) < 4.78 is 37.6. The zero-order valence-corrected chi connectivity index (χ0v) is 14.7. The van der Waals surface area contributed by atoms with Crippen LogP contribution in [-0.2, 0) is 4.79 Å². The number of carbonyl (C=O) groups excluding carboxylic acids is 1. The average Bonchev–Trinajstić information content (AvgIpc) is 2.62. The van der Waals surface area contributed by atoms with Crippen molar-refractivity contribution in [1.82, 2.24) is 0 Å². The van der Waals surface area contributed by atoms with Crippen molar-refractivity contribution < 1.29 is 23.0 Å². The third-order valence-electron chi connectivity index (χ3n) is 3.35. The second kappa shape index (κ2) is 9.56. The molecule has 2 rings (SSSR count). The van der Waals surface area contributed by atoms with E-state index in [2.05, 4.69) is 5.32 Å². The van der Waals surface area contributed by atoms with Crippen LogP contribution in [0.4, 0.5) is 14.5 Å². The van der Waals surface area contributed by atoms with Crippen molar-refractivity contribution in [2.75, 3.05) is 18.5 Å². The molecule has 0 heterocycles. The minimum Gasteiger partial charge on any atom is -0.490 e. The Labute approximate surface area is 151 Å². The van der Waals surface area contributed by atoms with Gasteiger partial charge in [-0.3, -0.25) is 4.79 Å². The van der Waals surface area contributed by atoms with Gasteiger partial charge in [0.1, 0.15) is 11.6 Å². The van der Waals surface area contributed by atoms with Crippen molar-refractivity contribution in [1.29, 1.82) is 0 Å². The lowest BCUT2D eigenvalue weighted by atomic mass is 10.2. The largest absolute Gasteiger partial charge is 0.490 e. The molecule has 4 nitrogen and oxygen atoms in total. The first-order valence-corrected chi connectivity index (χ1v) is 8.37. The van der Waals surface area contributed by atoms with Crippen LogP contribution >= 0.6 is 0 Å². The molecule has 138 valence electrons. The van der Waals surface area contributed by atoms with Crippen LogP contribution in [0.3, 0.4) is 0 Å². The van der Waals surface area contributed by atoms with Gasteiger partial charge in [0.05, 0.1) is 18.9 Å². The summed E-state index contributed by atoms with van der Waals surface area (Å²) in [5, 5.41) is 2.36. The van der Waals surface area contributed by atoms with E-state index in [1.54, 1.807) is 24.3 Å². The van der Waals surface area contributed by atoms with Gasteiger partial charge in [0.25, 0.3) is 0 Å². The van der Waals surface area contributed by atoms with Crippen molar-refractivity contribution in [3.8, 4) is 11.5 Å². The van der Waals surface area contributed by atoms with Gasteiger partial charge >= 0.3 is 0 Å². The maximum Gasteiger partial charge on any atom is 0.248 e. The predicted molar refractivity (Wildman–Crippen MR) is 97.4 cm³/mol. The predicted octanol–water partition coefficient (Wildman–Crippen LogP) is 4.80. The number of nitrogens with one attached hydrogen (secondary N) is 1. The first-order valence-electron chi connectivity index (χ1n) is 8.37. The van der Waals surface area contributed by atoms with E-state index in [1.807, 2.05) is 13.8 Å². The van der Waals surface area contributed by atoms with Crippen LogP contribution in [0.15, 0.2) is 42.5 Å². The number of rotatable bonds is 8. The Hall–Kier alpha value is -2.89. The summed E-state index contributed by atoms with van der Waals surface area (Å²) in [6, 6.07) is 8.28. The average molecular weight is 361 g/mol. The van der Waals surface area contributed by atoms with E-state index < -0.39 is 17.5 Å². The first kappa shape index (κ1) is 19.4. The number of hydrogen-bond acceptors (Lipinski definition) is 3. The highest BCUT2D eigenvalue weighted by atomic mass is 19.1. The molecule has 1 N–H and O–H groups in total. The molecule has 0 saturated carbocycles. The molecule has 0 saturated heterocycles. The number of halogens is 2. The maximum atomic E-state index is 13.5. The Kier molecular flexibility index (Phi) is 7.14. The number of benzene rings is 2. The fourth-order valence-corrected chi connectivity index (χ4v) is 2.17. The van der Waals surface area contributed by atoms with Crippen molar-refractivity contribution in [2.45, 2.75) is 20.3 Å². The van der Waals surface area contributed by atoms with Gasteiger partial charge in [-0.1, -0.05) is 13.0 Å². The van der Waals surface area contributed by atoms with Gasteiger partial charge in [-0.05, 0) is 49.2 Å². The van der Waals surface area contributed by atoms with Crippen LogP contribution in [0.25, 0.3) is 6.08 Å². The summed E-state index contributed by atoms with van der Waals surface area (Å²) in [5.74, 6) is -0.829. The molecule has 26 heavy (non-hydrogen) atoms. The number of ether oxygens (including phenoxy) is 2. The van der Waals surface area contributed by atoms with Crippen molar-refractivity contribution >= 4 is 17.7 Å². The van der Waals surface area contributed by atoms with Gasteiger partial charge in [-0.25, -0.2) is 8.78 Å². The Morgan fingerprint density at radius 2 is 1.88 bits per heavy atom. The highest BCUT2D eigenvalue weighted by Gasteiger charge is 2.07. The van der Waals surface area contributed by atoms with E-state index in [1.165, 1.54) is 12.1 Å². The minimum absolute atomic E-state index is 0.0839. The number of anilines is 1. The zero-order valence-electron chi connectivity index (χ0n) is 14.7. The second-order valence-corrected chi connectivity index (χ2v) is 5.43. The van der Waals surface area contributed by atoms with Crippen LogP contribution in [0, 0.1) is 11.6 Å². The van der Waals surface area contributed by atoms with Crippen molar-refractivity contribution in [3.63, 3.8) is 0 Å². The molecule has 0 bridgehead atoms. The summed E-state index contributed by atoms with van der Waals surface area (Å²) in [6.07, 6.45) is 3.72. The van der Waals surface area contributed by atoms with E-state index in [0.29, 0.717) is 30.8 Å². The van der Waals surface area contributed by atoms with Gasteiger partial charge in [0, 0.05) is 12.1 Å². The summed E-state index contributed by atoms with van der Waals surface area (Å²) in [5.41, 5.74) is 0.645. The van der Waals surface area contributed by atoms with Crippen LogP contribution in [0.2, 0.25) is 0 Å². The molecule has 0 unspecified atom stereocenters. The summed E-state index contributed by atoms with van der Waals surface area (Å²) in [7, 11) is 0. The van der Waals surface area contributed by atoms with E-state index >= 15 is 0 Å². The van der Waals surface area contributed by atoms with Crippen LogP contribution in [-0.4, -0.2) is 19.1 Å². The third kappa shape index (κ3) is 5.58. The Morgan fingerprint density at radius 3 is 2.58 bits per heavy atom. The third-order valence-corrected chi connectivity index (χ3v) is 3.35. The van der Waals surface area contributed by atoms with Crippen molar-refractivity contribution in [3.05, 3.63) is 59.7 Å². The van der Waals surface area contributed by atoms with Gasteiger partial charge in [-0.2, -0.15) is 0 Å². The van der Waals surface area contributed by atoms with Gasteiger partial charge in [-0.15, -0.1) is 0 Å². The van der Waals surface area contributed by atoms with E-state index in [0.717, 1.165) is 18.1 Å². The van der Waals surface area contributed by atoms with Gasteiger partial charge in [0.2, 0.25) is 5.91 Å². The molecule has 0 aliphatic carbocycles. The summed E-state index contributed by atoms with van der Waals surface area (Å²) >= 11 is 0. The van der Waals surface area contributed by atoms with Crippen LogP contribution in [0.1, 0.15) is 25.8 Å². The molecule has 0 atom stereocenters. The lowest BCUT2D eigenvalue weighted by Gasteiger charge is -2.12. The molecule has 0 fully saturated rings. The molecule has 0 aliphatic heterocycles. The van der Waals surface area contributed by atoms with E-state index in [4.69, 9.17) is 9.47 Å². The zero-order chi connectivity index (χ0) is 18.9. The second-order valence-electron chi connectivity index (χ2n) is 5.43. The smallest absolute Gasteiger partial charge is 0.248 e. The minimum atomic E-state index is -0.831.